The van der Waals surface area contributed by atoms with Gasteiger partial charge in [-0.1, -0.05) is 28.1 Å². The molecule has 1 N–H and O–H groups in total. The van der Waals surface area contributed by atoms with Crippen LogP contribution in [0.2, 0.25) is 0 Å². The van der Waals surface area contributed by atoms with Crippen molar-refractivity contribution in [1.29, 1.82) is 0 Å². The van der Waals surface area contributed by atoms with Gasteiger partial charge in [-0.15, -0.1) is 0 Å². The number of carbonyl (C=O) groups is 2. The van der Waals surface area contributed by atoms with Crippen molar-refractivity contribution >= 4 is 27.8 Å². The summed E-state index contributed by atoms with van der Waals surface area (Å²) in [7, 11) is 0. The second kappa shape index (κ2) is 6.60. The van der Waals surface area contributed by atoms with E-state index in [-0.39, 0.29) is 5.91 Å². The quantitative estimate of drug-likeness (QED) is 0.904. The van der Waals surface area contributed by atoms with Gasteiger partial charge in [0.15, 0.2) is 0 Å². The molecule has 1 heterocycles. The van der Waals surface area contributed by atoms with Gasteiger partial charge in [-0.3, -0.25) is 9.59 Å². The van der Waals surface area contributed by atoms with Crippen molar-refractivity contribution in [2.45, 2.75) is 32.6 Å². The van der Waals surface area contributed by atoms with Gasteiger partial charge in [-0.2, -0.15) is 0 Å². The summed E-state index contributed by atoms with van der Waals surface area (Å²) < 4.78 is 1.00. The number of carboxylic acids is 1. The van der Waals surface area contributed by atoms with E-state index in [1.54, 1.807) is 11.8 Å². The maximum atomic E-state index is 12.3. The van der Waals surface area contributed by atoms with Gasteiger partial charge in [0.25, 0.3) is 0 Å². The normalized spacial score (nSPS) is 22.1. The molecule has 1 aromatic rings. The number of carbonyl (C=O) groups excluding carboxylic acids is 1. The highest BCUT2D eigenvalue weighted by Crippen LogP contribution is 2.30. The minimum absolute atomic E-state index is 0.0437. The van der Waals surface area contributed by atoms with Crippen LogP contribution >= 0.6 is 15.9 Å². The average Bonchev–Trinajstić information content (AvgIpc) is 2.45. The summed E-state index contributed by atoms with van der Waals surface area (Å²) in [6.45, 7) is 2.71. The van der Waals surface area contributed by atoms with Crippen molar-refractivity contribution in [1.82, 2.24) is 4.90 Å². The number of benzene rings is 1. The van der Waals surface area contributed by atoms with Crippen LogP contribution in [0.25, 0.3) is 0 Å². The van der Waals surface area contributed by atoms with Crippen molar-refractivity contribution in [2.75, 3.05) is 13.1 Å². The monoisotopic (exact) mass is 353 g/mol. The largest absolute Gasteiger partial charge is 0.481 e. The van der Waals surface area contributed by atoms with E-state index in [9.17, 15) is 14.7 Å². The van der Waals surface area contributed by atoms with Gasteiger partial charge in [0.2, 0.25) is 5.91 Å². The molecule has 0 saturated carbocycles. The van der Waals surface area contributed by atoms with Crippen LogP contribution in [0.15, 0.2) is 28.7 Å². The molecule has 1 aliphatic heterocycles. The van der Waals surface area contributed by atoms with Crippen LogP contribution in [-0.4, -0.2) is 35.0 Å². The number of aliphatic carboxylic acids is 1. The van der Waals surface area contributed by atoms with Crippen LogP contribution in [0.3, 0.4) is 0 Å². The molecule has 1 amide bonds. The lowest BCUT2D eigenvalue weighted by atomic mass is 9.82. The van der Waals surface area contributed by atoms with Crippen molar-refractivity contribution in [2.24, 2.45) is 5.41 Å². The lowest BCUT2D eigenvalue weighted by Crippen LogP contribution is -2.48. The molecule has 1 aromatic carbocycles. The number of rotatable bonds is 4. The molecule has 0 bridgehead atoms. The zero-order chi connectivity index (χ0) is 15.5. The van der Waals surface area contributed by atoms with E-state index in [1.165, 1.54) is 0 Å². The van der Waals surface area contributed by atoms with Crippen molar-refractivity contribution in [3.8, 4) is 0 Å². The Labute approximate surface area is 133 Å². The summed E-state index contributed by atoms with van der Waals surface area (Å²) in [6.07, 6.45) is 2.49. The summed E-state index contributed by atoms with van der Waals surface area (Å²) in [5.41, 5.74) is 0.305. The second-order valence-electron chi connectivity index (χ2n) is 5.91. The molecule has 1 saturated heterocycles. The number of amides is 1. The first-order valence-electron chi connectivity index (χ1n) is 7.16. The highest BCUT2D eigenvalue weighted by atomic mass is 79.9. The zero-order valence-corrected chi connectivity index (χ0v) is 13.7. The van der Waals surface area contributed by atoms with Crippen LogP contribution in [0.1, 0.15) is 31.7 Å². The molecule has 1 unspecified atom stereocenters. The third kappa shape index (κ3) is 4.06. The van der Waals surface area contributed by atoms with Crippen LogP contribution in [0.4, 0.5) is 0 Å². The van der Waals surface area contributed by atoms with E-state index >= 15 is 0 Å². The average molecular weight is 354 g/mol. The number of nitrogens with zero attached hydrogens (tertiary/aromatic N) is 1. The Hall–Kier alpha value is -1.36. The molecule has 0 spiro atoms. The molecule has 114 valence electrons. The maximum Gasteiger partial charge on any atom is 0.311 e. The molecule has 5 heteroatoms. The fourth-order valence-corrected chi connectivity index (χ4v) is 3.18. The first-order valence-corrected chi connectivity index (χ1v) is 7.96. The summed E-state index contributed by atoms with van der Waals surface area (Å²) in [4.78, 5) is 25.3. The van der Waals surface area contributed by atoms with Gasteiger partial charge < -0.3 is 10.0 Å². The van der Waals surface area contributed by atoms with Crippen LogP contribution in [0.5, 0.6) is 0 Å². The summed E-state index contributed by atoms with van der Waals surface area (Å²) >= 11 is 3.42. The molecule has 21 heavy (non-hydrogen) atoms. The predicted molar refractivity (Wildman–Crippen MR) is 84.0 cm³/mol. The molecule has 4 nitrogen and oxygen atoms in total. The Morgan fingerprint density at radius 1 is 1.43 bits per heavy atom. The number of piperidine rings is 1. The van der Waals surface area contributed by atoms with Gasteiger partial charge in [-0.05, 0) is 43.9 Å². The molecule has 1 atom stereocenters. The zero-order valence-electron chi connectivity index (χ0n) is 12.1. The first kappa shape index (κ1) is 16.0. The Kier molecular flexibility index (Phi) is 5.04. The number of carboxylic acid groups (broad SMARTS) is 1. The molecule has 0 radical (unpaired) electrons. The van der Waals surface area contributed by atoms with Crippen LogP contribution in [-0.2, 0) is 16.0 Å². The lowest BCUT2D eigenvalue weighted by molar-refractivity contribution is -0.153. The molecular weight excluding hydrogens is 334 g/mol. The SMILES string of the molecule is CC1(C(=O)O)CCCN(C(=O)CCc2cccc(Br)c2)C1. The summed E-state index contributed by atoms with van der Waals surface area (Å²) in [6, 6.07) is 7.90. The minimum Gasteiger partial charge on any atom is -0.481 e. The Morgan fingerprint density at radius 3 is 2.86 bits per heavy atom. The van der Waals surface area contributed by atoms with E-state index in [0.717, 1.165) is 16.5 Å². The second-order valence-corrected chi connectivity index (χ2v) is 6.83. The van der Waals surface area contributed by atoms with Crippen LogP contribution in [0, 0.1) is 5.41 Å². The van der Waals surface area contributed by atoms with Gasteiger partial charge in [-0.25, -0.2) is 0 Å². The number of aryl methyl sites for hydroxylation is 1. The minimum atomic E-state index is -0.813. The topological polar surface area (TPSA) is 57.6 Å². The number of hydrogen-bond donors (Lipinski definition) is 1. The smallest absolute Gasteiger partial charge is 0.311 e. The molecular formula is C16H20BrNO3. The molecule has 2 rings (SSSR count). The number of likely N-dealkylation sites (tertiary alicyclic amines) is 1. The van der Waals surface area contributed by atoms with Crippen LogP contribution < -0.4 is 0 Å². The standard InChI is InChI=1S/C16H20BrNO3/c1-16(15(20)21)8-3-9-18(11-16)14(19)7-6-12-4-2-5-13(17)10-12/h2,4-5,10H,3,6-9,11H2,1H3,(H,20,21). The number of hydrogen-bond acceptors (Lipinski definition) is 2. The number of halogens is 1. The molecule has 1 aliphatic rings. The highest BCUT2D eigenvalue weighted by molar-refractivity contribution is 9.10. The Morgan fingerprint density at radius 2 is 2.19 bits per heavy atom. The van der Waals surface area contributed by atoms with Gasteiger partial charge in [0, 0.05) is 24.0 Å². The van der Waals surface area contributed by atoms with E-state index in [0.29, 0.717) is 32.4 Å². The van der Waals surface area contributed by atoms with E-state index in [2.05, 4.69) is 15.9 Å². The Balaban J connectivity index is 1.93. The van der Waals surface area contributed by atoms with Gasteiger partial charge in [0.1, 0.15) is 0 Å². The van der Waals surface area contributed by atoms with Crippen molar-refractivity contribution in [3.05, 3.63) is 34.3 Å². The highest BCUT2D eigenvalue weighted by Gasteiger charge is 2.39. The molecule has 0 aromatic heterocycles. The lowest BCUT2D eigenvalue weighted by Gasteiger charge is -2.37. The van der Waals surface area contributed by atoms with E-state index < -0.39 is 11.4 Å². The summed E-state index contributed by atoms with van der Waals surface area (Å²) in [5, 5.41) is 9.29. The Bertz CT molecular complexity index is 546. The third-order valence-electron chi connectivity index (χ3n) is 4.08. The van der Waals surface area contributed by atoms with Gasteiger partial charge >= 0.3 is 5.97 Å². The van der Waals surface area contributed by atoms with Gasteiger partial charge in [0.05, 0.1) is 5.41 Å². The third-order valence-corrected chi connectivity index (χ3v) is 4.58. The first-order chi connectivity index (χ1) is 9.90. The summed E-state index contributed by atoms with van der Waals surface area (Å²) in [5.74, 6) is -0.769. The fourth-order valence-electron chi connectivity index (χ4n) is 2.73. The van der Waals surface area contributed by atoms with Crippen molar-refractivity contribution in [3.63, 3.8) is 0 Å². The molecule has 1 fully saturated rings. The molecule has 0 aliphatic carbocycles. The fraction of sp³-hybridized carbons (Fsp3) is 0.500. The predicted octanol–water partition coefficient (Wildman–Crippen LogP) is 3.10. The van der Waals surface area contributed by atoms with E-state index in [4.69, 9.17) is 0 Å². The maximum absolute atomic E-state index is 12.3. The van der Waals surface area contributed by atoms with Crippen molar-refractivity contribution < 1.29 is 14.7 Å². The van der Waals surface area contributed by atoms with E-state index in [1.807, 2.05) is 24.3 Å².